The van der Waals surface area contributed by atoms with Crippen molar-refractivity contribution < 1.29 is 5.11 Å². The van der Waals surface area contributed by atoms with Gasteiger partial charge in [0.2, 0.25) is 0 Å². The molecule has 0 aromatic carbocycles. The smallest absolute Gasteiger partial charge is 0.0716 e. The monoisotopic (exact) mass is 197 g/mol. The lowest BCUT2D eigenvalue weighted by Crippen LogP contribution is -2.63. The summed E-state index contributed by atoms with van der Waals surface area (Å²) in [6.45, 7) is 12.3. The van der Waals surface area contributed by atoms with Gasteiger partial charge in [-0.3, -0.25) is 0 Å². The molecular weight excluding hydrogens is 174 g/mol. The summed E-state index contributed by atoms with van der Waals surface area (Å²) in [6.07, 6.45) is 4.07. The van der Waals surface area contributed by atoms with Crippen molar-refractivity contribution in [1.82, 2.24) is 5.32 Å². The molecule has 82 valence electrons. The molecule has 0 aromatic heterocycles. The molecule has 2 heteroatoms. The minimum absolute atomic E-state index is 0.000486. The van der Waals surface area contributed by atoms with Crippen molar-refractivity contribution in [1.29, 1.82) is 0 Å². The summed E-state index contributed by atoms with van der Waals surface area (Å²) >= 11 is 0. The minimum atomic E-state index is -0.583. The second-order valence-electron chi connectivity index (χ2n) is 5.96. The van der Waals surface area contributed by atoms with E-state index in [2.05, 4.69) is 39.6 Å². The molecule has 1 saturated heterocycles. The molecule has 0 amide bonds. The third kappa shape index (κ3) is 2.82. The van der Waals surface area contributed by atoms with Gasteiger partial charge in [-0.25, -0.2) is 0 Å². The van der Waals surface area contributed by atoms with E-state index in [1.54, 1.807) is 0 Å². The van der Waals surface area contributed by atoms with Gasteiger partial charge >= 0.3 is 0 Å². The van der Waals surface area contributed by atoms with E-state index in [-0.39, 0.29) is 11.1 Å². The van der Waals surface area contributed by atoms with E-state index in [0.717, 1.165) is 12.8 Å². The summed E-state index contributed by atoms with van der Waals surface area (Å²) in [7, 11) is 0. The molecule has 1 heterocycles. The second kappa shape index (κ2) is 3.35. The Bertz CT molecular complexity index is 214. The summed E-state index contributed by atoms with van der Waals surface area (Å²) in [5.41, 5.74) is -0.584. The van der Waals surface area contributed by atoms with E-state index in [0.29, 0.717) is 6.42 Å². The Morgan fingerprint density at radius 2 is 1.64 bits per heavy atom. The predicted molar refractivity (Wildman–Crippen MR) is 60.3 cm³/mol. The third-order valence-electron chi connectivity index (χ3n) is 2.74. The van der Waals surface area contributed by atoms with E-state index >= 15 is 0 Å². The molecule has 14 heavy (non-hydrogen) atoms. The number of rotatable bonds is 2. The number of hydrogen-bond donors (Lipinski definition) is 2. The lowest BCUT2D eigenvalue weighted by molar-refractivity contribution is -0.0535. The van der Waals surface area contributed by atoms with E-state index in [1.165, 1.54) is 0 Å². The SMILES string of the molecule is C=CCC1(O)CC(C)(C)NC(C)(C)C1. The highest BCUT2D eigenvalue weighted by Gasteiger charge is 2.45. The van der Waals surface area contributed by atoms with Crippen molar-refractivity contribution in [2.24, 2.45) is 0 Å². The molecule has 1 rings (SSSR count). The van der Waals surface area contributed by atoms with Crippen LogP contribution in [0.1, 0.15) is 47.0 Å². The molecule has 0 unspecified atom stereocenters. The van der Waals surface area contributed by atoms with Crippen molar-refractivity contribution >= 4 is 0 Å². The van der Waals surface area contributed by atoms with Crippen molar-refractivity contribution in [3.63, 3.8) is 0 Å². The Morgan fingerprint density at radius 1 is 1.21 bits per heavy atom. The van der Waals surface area contributed by atoms with Gasteiger partial charge in [0.15, 0.2) is 0 Å². The van der Waals surface area contributed by atoms with Gasteiger partial charge in [0, 0.05) is 11.1 Å². The van der Waals surface area contributed by atoms with Gasteiger partial charge < -0.3 is 10.4 Å². The summed E-state index contributed by atoms with van der Waals surface area (Å²) in [5.74, 6) is 0. The van der Waals surface area contributed by atoms with Crippen molar-refractivity contribution in [3.8, 4) is 0 Å². The van der Waals surface area contributed by atoms with Crippen LogP contribution in [0.5, 0.6) is 0 Å². The third-order valence-corrected chi connectivity index (χ3v) is 2.74. The number of aliphatic hydroxyl groups is 1. The molecule has 2 N–H and O–H groups in total. The van der Waals surface area contributed by atoms with E-state index in [1.807, 2.05) is 6.08 Å². The second-order valence-corrected chi connectivity index (χ2v) is 5.96. The van der Waals surface area contributed by atoms with Crippen LogP contribution in [0.2, 0.25) is 0 Å². The molecule has 0 saturated carbocycles. The Morgan fingerprint density at radius 3 is 2.00 bits per heavy atom. The molecule has 1 fully saturated rings. The Balaban J connectivity index is 2.85. The Labute approximate surface area is 87.4 Å². The predicted octanol–water partition coefficient (Wildman–Crippen LogP) is 2.23. The summed E-state index contributed by atoms with van der Waals surface area (Å²) in [5, 5.41) is 14.0. The highest BCUT2D eigenvalue weighted by Crippen LogP contribution is 2.37. The van der Waals surface area contributed by atoms with Crippen molar-refractivity contribution in [3.05, 3.63) is 12.7 Å². The molecular formula is C12H23NO. The minimum Gasteiger partial charge on any atom is -0.389 e. The maximum absolute atomic E-state index is 10.4. The van der Waals surface area contributed by atoms with Crippen molar-refractivity contribution in [2.45, 2.75) is 63.6 Å². The van der Waals surface area contributed by atoms with Gasteiger partial charge in [-0.2, -0.15) is 0 Å². The fourth-order valence-electron chi connectivity index (χ4n) is 3.13. The Hall–Kier alpha value is -0.340. The van der Waals surface area contributed by atoms with Gasteiger partial charge in [0.05, 0.1) is 5.60 Å². The number of nitrogens with one attached hydrogen (secondary N) is 1. The van der Waals surface area contributed by atoms with Crippen LogP contribution in [-0.2, 0) is 0 Å². The van der Waals surface area contributed by atoms with Crippen LogP contribution < -0.4 is 5.32 Å². The van der Waals surface area contributed by atoms with Crippen LogP contribution in [-0.4, -0.2) is 21.8 Å². The van der Waals surface area contributed by atoms with Crippen LogP contribution >= 0.6 is 0 Å². The van der Waals surface area contributed by atoms with Crippen molar-refractivity contribution in [2.75, 3.05) is 0 Å². The topological polar surface area (TPSA) is 32.3 Å². The molecule has 0 aromatic rings. The standard InChI is InChI=1S/C12H23NO/c1-6-7-12(14)8-10(2,3)13-11(4,5)9-12/h6,13-14H,1,7-9H2,2-5H3. The first kappa shape index (κ1) is 11.7. The van der Waals surface area contributed by atoms with Crippen LogP contribution in [0.15, 0.2) is 12.7 Å². The zero-order valence-electron chi connectivity index (χ0n) is 9.85. The van der Waals surface area contributed by atoms with Crippen LogP contribution in [0, 0.1) is 0 Å². The van der Waals surface area contributed by atoms with Crippen LogP contribution in [0.3, 0.4) is 0 Å². The van der Waals surface area contributed by atoms with Gasteiger partial charge in [-0.15, -0.1) is 6.58 Å². The molecule has 0 atom stereocenters. The first-order valence-electron chi connectivity index (χ1n) is 5.31. The lowest BCUT2D eigenvalue weighted by Gasteiger charge is -2.50. The fraction of sp³-hybridized carbons (Fsp3) is 0.833. The summed E-state index contributed by atoms with van der Waals surface area (Å²) < 4.78 is 0. The van der Waals surface area contributed by atoms with E-state index < -0.39 is 5.60 Å². The summed E-state index contributed by atoms with van der Waals surface area (Å²) in [6, 6.07) is 0. The summed E-state index contributed by atoms with van der Waals surface area (Å²) in [4.78, 5) is 0. The maximum Gasteiger partial charge on any atom is 0.0716 e. The van der Waals surface area contributed by atoms with Crippen LogP contribution in [0.4, 0.5) is 0 Å². The zero-order valence-corrected chi connectivity index (χ0v) is 9.85. The number of hydrogen-bond acceptors (Lipinski definition) is 2. The normalized spacial score (nSPS) is 28.4. The van der Waals surface area contributed by atoms with Crippen LogP contribution in [0.25, 0.3) is 0 Å². The largest absolute Gasteiger partial charge is 0.389 e. The number of piperidine rings is 1. The zero-order chi connectivity index (χ0) is 11.0. The highest BCUT2D eigenvalue weighted by atomic mass is 16.3. The average Bonchev–Trinajstić information content (AvgIpc) is 1.75. The van der Waals surface area contributed by atoms with Gasteiger partial charge in [-0.1, -0.05) is 6.08 Å². The molecule has 1 aliphatic rings. The molecule has 1 aliphatic heterocycles. The molecule has 0 bridgehead atoms. The molecule has 2 nitrogen and oxygen atoms in total. The first-order chi connectivity index (χ1) is 6.18. The van der Waals surface area contributed by atoms with Gasteiger partial charge in [0.25, 0.3) is 0 Å². The molecule has 0 radical (unpaired) electrons. The highest BCUT2D eigenvalue weighted by molar-refractivity contribution is 5.05. The average molecular weight is 197 g/mol. The van der Waals surface area contributed by atoms with E-state index in [4.69, 9.17) is 0 Å². The fourth-order valence-corrected chi connectivity index (χ4v) is 3.13. The maximum atomic E-state index is 10.4. The van der Waals surface area contributed by atoms with E-state index in [9.17, 15) is 5.11 Å². The molecule has 0 aliphatic carbocycles. The lowest BCUT2D eigenvalue weighted by atomic mass is 9.71. The first-order valence-corrected chi connectivity index (χ1v) is 5.31. The van der Waals surface area contributed by atoms with Gasteiger partial charge in [0.1, 0.15) is 0 Å². The Kier molecular flexibility index (Phi) is 2.81. The van der Waals surface area contributed by atoms with Gasteiger partial charge in [-0.05, 0) is 47.0 Å². The molecule has 0 spiro atoms. The quantitative estimate of drug-likeness (QED) is 0.665.